The van der Waals surface area contributed by atoms with Crippen LogP contribution < -0.4 is 10.1 Å². The molecule has 5 nitrogen and oxygen atoms in total. The third kappa shape index (κ3) is 6.81. The van der Waals surface area contributed by atoms with Crippen LogP contribution >= 0.6 is 0 Å². The number of benzene rings is 1. The molecular formula is C27H41NO4. The number of hydrogen-bond donors (Lipinski definition) is 2. The Morgan fingerprint density at radius 2 is 1.53 bits per heavy atom. The Kier molecular flexibility index (Phi) is 9.15. The SMILES string of the molecule is C1CCC(NC2CCCCC2)CC1.CC(C(=O)O)c1ccc2c(c1)C(=O)CC(C(C)C)O2. The van der Waals surface area contributed by atoms with Crippen LogP contribution in [0.15, 0.2) is 18.2 Å². The second-order valence-corrected chi connectivity index (χ2v) is 10.2. The Morgan fingerprint density at radius 3 is 2.03 bits per heavy atom. The predicted octanol–water partition coefficient (Wildman–Crippen LogP) is 6.11. The van der Waals surface area contributed by atoms with E-state index in [0.29, 0.717) is 23.3 Å². The molecule has 2 atom stereocenters. The first-order valence-electron chi connectivity index (χ1n) is 12.7. The molecule has 0 amide bonds. The van der Waals surface area contributed by atoms with Gasteiger partial charge in [0.1, 0.15) is 11.9 Å². The van der Waals surface area contributed by atoms with Crippen LogP contribution in [-0.2, 0) is 4.79 Å². The fraction of sp³-hybridized carbons (Fsp3) is 0.704. The molecular weight excluding hydrogens is 402 g/mol. The van der Waals surface area contributed by atoms with Crippen LogP contribution in [0.1, 0.15) is 113 Å². The van der Waals surface area contributed by atoms with Gasteiger partial charge in [-0.15, -0.1) is 0 Å². The molecule has 0 aromatic heterocycles. The Bertz CT molecular complexity index is 747. The first kappa shape index (κ1) is 24.8. The second kappa shape index (κ2) is 11.8. The smallest absolute Gasteiger partial charge is 0.310 e. The van der Waals surface area contributed by atoms with Gasteiger partial charge in [0.15, 0.2) is 5.78 Å². The van der Waals surface area contributed by atoms with E-state index in [9.17, 15) is 9.59 Å². The third-order valence-corrected chi connectivity index (χ3v) is 7.26. The summed E-state index contributed by atoms with van der Waals surface area (Å²) in [6.07, 6.45) is 14.8. The van der Waals surface area contributed by atoms with Crippen molar-refractivity contribution in [1.29, 1.82) is 0 Å². The quantitative estimate of drug-likeness (QED) is 0.574. The van der Waals surface area contributed by atoms with Gasteiger partial charge in [-0.3, -0.25) is 9.59 Å². The normalized spacial score (nSPS) is 23.0. The molecule has 2 N–H and O–H groups in total. The number of nitrogens with one attached hydrogen (secondary N) is 1. The van der Waals surface area contributed by atoms with Gasteiger partial charge in [-0.1, -0.05) is 58.4 Å². The summed E-state index contributed by atoms with van der Waals surface area (Å²) in [5.41, 5.74) is 1.13. The highest BCUT2D eigenvalue weighted by Crippen LogP contribution is 2.32. The number of carbonyl (C=O) groups is 2. The minimum absolute atomic E-state index is 0.0272. The highest BCUT2D eigenvalue weighted by Gasteiger charge is 2.29. The Labute approximate surface area is 193 Å². The fourth-order valence-corrected chi connectivity index (χ4v) is 5.02. The van der Waals surface area contributed by atoms with Gasteiger partial charge >= 0.3 is 5.97 Å². The summed E-state index contributed by atoms with van der Waals surface area (Å²) in [7, 11) is 0. The maximum absolute atomic E-state index is 12.1. The molecule has 2 fully saturated rings. The minimum atomic E-state index is -0.899. The van der Waals surface area contributed by atoms with Crippen molar-refractivity contribution in [2.45, 2.75) is 116 Å². The molecule has 0 saturated heterocycles. The van der Waals surface area contributed by atoms with E-state index >= 15 is 0 Å². The summed E-state index contributed by atoms with van der Waals surface area (Å²) in [6.45, 7) is 5.64. The number of fused-ring (bicyclic) bond motifs is 1. The van der Waals surface area contributed by atoms with Crippen molar-refractivity contribution < 1.29 is 19.4 Å². The number of rotatable bonds is 5. The molecule has 2 saturated carbocycles. The number of ketones is 1. The largest absolute Gasteiger partial charge is 0.489 e. The highest BCUT2D eigenvalue weighted by atomic mass is 16.5. The molecule has 32 heavy (non-hydrogen) atoms. The molecule has 2 unspecified atom stereocenters. The summed E-state index contributed by atoms with van der Waals surface area (Å²) in [4.78, 5) is 23.1. The van der Waals surface area contributed by atoms with Gasteiger partial charge in [0.05, 0.1) is 11.5 Å². The lowest BCUT2D eigenvalue weighted by atomic mass is 9.91. The molecule has 1 heterocycles. The lowest BCUT2D eigenvalue weighted by Gasteiger charge is -2.30. The number of carbonyl (C=O) groups excluding carboxylic acids is 1. The number of carboxylic acids is 1. The zero-order chi connectivity index (χ0) is 23.1. The molecule has 0 bridgehead atoms. The van der Waals surface area contributed by atoms with E-state index in [4.69, 9.17) is 9.84 Å². The molecule has 3 aliphatic rings. The minimum Gasteiger partial charge on any atom is -0.489 e. The van der Waals surface area contributed by atoms with Crippen LogP contribution in [0.25, 0.3) is 0 Å². The van der Waals surface area contributed by atoms with E-state index in [2.05, 4.69) is 5.32 Å². The van der Waals surface area contributed by atoms with Crippen molar-refractivity contribution in [3.63, 3.8) is 0 Å². The van der Waals surface area contributed by atoms with Crippen molar-refractivity contribution in [3.8, 4) is 5.75 Å². The number of hydrogen-bond acceptors (Lipinski definition) is 4. The van der Waals surface area contributed by atoms with Gasteiger partial charge in [0, 0.05) is 18.5 Å². The van der Waals surface area contributed by atoms with E-state index in [1.54, 1.807) is 25.1 Å². The average molecular weight is 444 g/mol. The van der Waals surface area contributed by atoms with Crippen molar-refractivity contribution in [1.82, 2.24) is 5.32 Å². The van der Waals surface area contributed by atoms with Crippen molar-refractivity contribution >= 4 is 11.8 Å². The van der Waals surface area contributed by atoms with Crippen LogP contribution in [0.3, 0.4) is 0 Å². The fourth-order valence-electron chi connectivity index (χ4n) is 5.02. The first-order valence-corrected chi connectivity index (χ1v) is 12.7. The van der Waals surface area contributed by atoms with E-state index < -0.39 is 11.9 Å². The zero-order valence-electron chi connectivity index (χ0n) is 20.1. The molecule has 4 rings (SSSR count). The van der Waals surface area contributed by atoms with Gasteiger partial charge in [0.2, 0.25) is 0 Å². The molecule has 178 valence electrons. The third-order valence-electron chi connectivity index (χ3n) is 7.26. The van der Waals surface area contributed by atoms with Crippen LogP contribution in [0.2, 0.25) is 0 Å². The molecule has 0 spiro atoms. The number of Topliss-reactive ketones (excluding diaryl/α,β-unsaturated/α-hetero) is 1. The molecule has 5 heteroatoms. The highest BCUT2D eigenvalue weighted by molar-refractivity contribution is 6.00. The average Bonchev–Trinajstić information content (AvgIpc) is 2.80. The first-order chi connectivity index (χ1) is 15.3. The number of aliphatic carboxylic acids is 1. The van der Waals surface area contributed by atoms with Crippen LogP contribution in [0.4, 0.5) is 0 Å². The second-order valence-electron chi connectivity index (χ2n) is 10.2. The standard InChI is InChI=1S/C15H18O4.C12H23N/c1-8(2)14-7-12(16)11-6-10(9(3)15(17)18)4-5-13(11)19-14;1-3-7-11(8-4-1)13-12-9-5-2-6-10-12/h4-6,8-9,14H,7H2,1-3H3,(H,17,18);11-13H,1-10H2. The summed E-state index contributed by atoms with van der Waals surface area (Å²) in [6, 6.07) is 6.81. The van der Waals surface area contributed by atoms with E-state index in [0.717, 1.165) is 12.1 Å². The molecule has 2 aliphatic carbocycles. The van der Waals surface area contributed by atoms with Gasteiger partial charge in [-0.2, -0.15) is 0 Å². The van der Waals surface area contributed by atoms with Crippen molar-refractivity contribution in [2.24, 2.45) is 5.92 Å². The Morgan fingerprint density at radius 1 is 0.969 bits per heavy atom. The Balaban J connectivity index is 0.000000193. The summed E-state index contributed by atoms with van der Waals surface area (Å²) in [5.74, 6) is -0.657. The van der Waals surface area contributed by atoms with E-state index in [1.807, 2.05) is 13.8 Å². The Hall–Kier alpha value is -1.88. The van der Waals surface area contributed by atoms with Gasteiger partial charge < -0.3 is 15.2 Å². The molecule has 1 aromatic carbocycles. The van der Waals surface area contributed by atoms with Gasteiger partial charge in [-0.25, -0.2) is 0 Å². The van der Waals surface area contributed by atoms with Crippen LogP contribution in [0.5, 0.6) is 5.75 Å². The van der Waals surface area contributed by atoms with Crippen LogP contribution in [0, 0.1) is 5.92 Å². The molecule has 0 radical (unpaired) electrons. The number of carboxylic acid groups (broad SMARTS) is 1. The zero-order valence-corrected chi connectivity index (χ0v) is 20.1. The predicted molar refractivity (Wildman–Crippen MR) is 128 cm³/mol. The maximum atomic E-state index is 12.1. The summed E-state index contributed by atoms with van der Waals surface area (Å²) >= 11 is 0. The van der Waals surface area contributed by atoms with Crippen molar-refractivity contribution in [3.05, 3.63) is 29.3 Å². The molecule has 1 aromatic rings. The summed E-state index contributed by atoms with van der Waals surface area (Å²) in [5, 5.41) is 12.9. The van der Waals surface area contributed by atoms with Crippen molar-refractivity contribution in [2.75, 3.05) is 0 Å². The topological polar surface area (TPSA) is 75.6 Å². The van der Waals surface area contributed by atoms with Gasteiger partial charge in [-0.05, 0) is 56.2 Å². The lowest BCUT2D eigenvalue weighted by Crippen LogP contribution is -2.40. The van der Waals surface area contributed by atoms with Crippen LogP contribution in [-0.4, -0.2) is 35.0 Å². The molecule has 1 aliphatic heterocycles. The summed E-state index contributed by atoms with van der Waals surface area (Å²) < 4.78 is 5.79. The number of ether oxygens (including phenoxy) is 1. The van der Waals surface area contributed by atoms with E-state index in [1.165, 1.54) is 64.2 Å². The lowest BCUT2D eigenvalue weighted by molar-refractivity contribution is -0.138. The van der Waals surface area contributed by atoms with E-state index in [-0.39, 0.29) is 17.8 Å². The monoisotopic (exact) mass is 443 g/mol. The maximum Gasteiger partial charge on any atom is 0.310 e. The van der Waals surface area contributed by atoms with Gasteiger partial charge in [0.25, 0.3) is 0 Å².